The molecule has 2 aromatic rings. The molecule has 4 heteroatoms. The summed E-state index contributed by atoms with van der Waals surface area (Å²) in [7, 11) is 0. The topological polar surface area (TPSA) is 66.4 Å². The lowest BCUT2D eigenvalue weighted by molar-refractivity contribution is -0.137. The highest BCUT2D eigenvalue weighted by atomic mass is 16.4. The molecule has 1 unspecified atom stereocenters. The van der Waals surface area contributed by atoms with Gasteiger partial charge in [-0.25, -0.2) is 0 Å². The van der Waals surface area contributed by atoms with E-state index in [0.29, 0.717) is 12.8 Å². The number of carboxylic acid groups (broad SMARTS) is 1. The highest BCUT2D eigenvalue weighted by molar-refractivity contribution is 5.96. The molecule has 0 saturated carbocycles. The minimum atomic E-state index is -0.798. The van der Waals surface area contributed by atoms with Crippen LogP contribution in [-0.2, 0) is 22.4 Å². The first kappa shape index (κ1) is 21.7. The van der Waals surface area contributed by atoms with Gasteiger partial charge in [-0.1, -0.05) is 62.2 Å². The third-order valence-electron chi connectivity index (χ3n) is 5.05. The number of rotatable bonds is 11. The Morgan fingerprint density at radius 3 is 2.36 bits per heavy atom. The summed E-state index contributed by atoms with van der Waals surface area (Å²) in [6, 6.07) is 15.9. The molecule has 0 aromatic heterocycles. The van der Waals surface area contributed by atoms with E-state index < -0.39 is 5.97 Å². The van der Waals surface area contributed by atoms with E-state index >= 15 is 0 Å². The first-order valence-electron chi connectivity index (χ1n) is 10.2. The van der Waals surface area contributed by atoms with Crippen molar-refractivity contribution in [2.45, 2.75) is 64.7 Å². The summed E-state index contributed by atoms with van der Waals surface area (Å²) in [4.78, 5) is 23.5. The Balaban J connectivity index is 1.97. The van der Waals surface area contributed by atoms with Gasteiger partial charge in [0.05, 0.1) is 5.92 Å². The second-order valence-electron chi connectivity index (χ2n) is 7.31. The molecule has 150 valence electrons. The lowest BCUT2D eigenvalue weighted by atomic mass is 9.97. The van der Waals surface area contributed by atoms with Crippen LogP contribution in [0, 0.1) is 0 Å². The lowest BCUT2D eigenvalue weighted by Crippen LogP contribution is -2.19. The minimum Gasteiger partial charge on any atom is -0.481 e. The molecule has 0 saturated heterocycles. The molecule has 0 aliphatic heterocycles. The largest absolute Gasteiger partial charge is 0.481 e. The Labute approximate surface area is 168 Å². The van der Waals surface area contributed by atoms with Crippen molar-refractivity contribution in [1.29, 1.82) is 0 Å². The first-order valence-corrected chi connectivity index (χ1v) is 10.2. The van der Waals surface area contributed by atoms with E-state index in [-0.39, 0.29) is 18.2 Å². The van der Waals surface area contributed by atoms with Crippen LogP contribution in [0.2, 0.25) is 0 Å². The molecule has 2 N–H and O–H groups in total. The van der Waals surface area contributed by atoms with Crippen molar-refractivity contribution >= 4 is 17.6 Å². The van der Waals surface area contributed by atoms with Crippen molar-refractivity contribution in [3.8, 4) is 0 Å². The number of anilines is 1. The fourth-order valence-electron chi connectivity index (χ4n) is 3.23. The van der Waals surface area contributed by atoms with Crippen molar-refractivity contribution in [2.24, 2.45) is 0 Å². The second kappa shape index (κ2) is 11.3. The summed E-state index contributed by atoms with van der Waals surface area (Å²) < 4.78 is 0. The van der Waals surface area contributed by atoms with Gasteiger partial charge in [-0.05, 0) is 55.4 Å². The molecular weight excluding hydrogens is 350 g/mol. The van der Waals surface area contributed by atoms with Crippen molar-refractivity contribution in [1.82, 2.24) is 0 Å². The third-order valence-corrected chi connectivity index (χ3v) is 5.05. The Kier molecular flexibility index (Phi) is 8.73. The molecular formula is C24H31NO3. The summed E-state index contributed by atoms with van der Waals surface area (Å²) in [5.41, 5.74) is 4.05. The maximum absolute atomic E-state index is 12.7. The van der Waals surface area contributed by atoms with E-state index in [1.54, 1.807) is 0 Å². The summed E-state index contributed by atoms with van der Waals surface area (Å²) in [6.07, 6.45) is 6.05. The quantitative estimate of drug-likeness (QED) is 0.500. The van der Waals surface area contributed by atoms with Gasteiger partial charge in [0.1, 0.15) is 0 Å². The number of amides is 1. The van der Waals surface area contributed by atoms with E-state index in [0.717, 1.165) is 23.2 Å². The zero-order valence-corrected chi connectivity index (χ0v) is 16.9. The maximum atomic E-state index is 12.7. The Hall–Kier alpha value is -2.62. The van der Waals surface area contributed by atoms with Gasteiger partial charge in [0.2, 0.25) is 5.91 Å². The second-order valence-corrected chi connectivity index (χ2v) is 7.31. The molecule has 2 rings (SSSR count). The van der Waals surface area contributed by atoms with Gasteiger partial charge in [-0.15, -0.1) is 0 Å². The van der Waals surface area contributed by atoms with E-state index in [2.05, 4.69) is 24.4 Å². The molecule has 4 nitrogen and oxygen atoms in total. The number of hydrogen-bond donors (Lipinski definition) is 2. The predicted octanol–water partition coefficient (Wildman–Crippen LogP) is 5.57. The summed E-state index contributed by atoms with van der Waals surface area (Å²) in [5, 5.41) is 11.8. The van der Waals surface area contributed by atoms with Crippen molar-refractivity contribution in [3.63, 3.8) is 0 Å². The fraction of sp³-hybridized carbons (Fsp3) is 0.417. The van der Waals surface area contributed by atoms with Crippen LogP contribution in [0.5, 0.6) is 0 Å². The number of carboxylic acids is 1. The van der Waals surface area contributed by atoms with Gasteiger partial charge in [-0.2, -0.15) is 0 Å². The van der Waals surface area contributed by atoms with Gasteiger partial charge in [0.15, 0.2) is 0 Å². The Morgan fingerprint density at radius 1 is 0.964 bits per heavy atom. The molecule has 1 amide bonds. The van der Waals surface area contributed by atoms with Crippen LogP contribution in [0.4, 0.5) is 5.69 Å². The molecule has 0 bridgehead atoms. The fourth-order valence-corrected chi connectivity index (χ4v) is 3.23. The normalized spacial score (nSPS) is 11.8. The van der Waals surface area contributed by atoms with Gasteiger partial charge < -0.3 is 10.4 Å². The molecule has 0 spiro atoms. The SMILES string of the molecule is CCCCCc1ccc(C(C)C(=O)Nc2ccccc2CCCC(=O)O)cc1. The average Bonchev–Trinajstić information content (AvgIpc) is 2.69. The number of para-hydroxylation sites is 1. The Bertz CT molecular complexity index is 768. The van der Waals surface area contributed by atoms with Crippen LogP contribution < -0.4 is 5.32 Å². The molecule has 1 atom stereocenters. The van der Waals surface area contributed by atoms with Crippen molar-refractivity contribution in [2.75, 3.05) is 5.32 Å². The molecule has 2 aromatic carbocycles. The zero-order chi connectivity index (χ0) is 20.4. The standard InChI is InChI=1S/C24H31NO3/c1-3-4-5-9-19-14-16-20(17-15-19)18(2)24(28)25-22-12-7-6-10-21(22)11-8-13-23(26)27/h6-7,10,12,14-18H,3-5,8-9,11,13H2,1-2H3,(H,25,28)(H,26,27). The van der Waals surface area contributed by atoms with Crippen LogP contribution in [0.15, 0.2) is 48.5 Å². The zero-order valence-electron chi connectivity index (χ0n) is 16.9. The van der Waals surface area contributed by atoms with Gasteiger partial charge in [0, 0.05) is 12.1 Å². The van der Waals surface area contributed by atoms with E-state index in [1.165, 1.54) is 24.8 Å². The highest BCUT2D eigenvalue weighted by Gasteiger charge is 2.16. The lowest BCUT2D eigenvalue weighted by Gasteiger charge is -2.15. The number of carbonyl (C=O) groups excluding carboxylic acids is 1. The third kappa shape index (κ3) is 6.84. The van der Waals surface area contributed by atoms with Crippen molar-refractivity contribution in [3.05, 3.63) is 65.2 Å². The number of nitrogens with one attached hydrogen (secondary N) is 1. The predicted molar refractivity (Wildman–Crippen MR) is 114 cm³/mol. The minimum absolute atomic E-state index is 0.0515. The van der Waals surface area contributed by atoms with Gasteiger partial charge in [0.25, 0.3) is 0 Å². The molecule has 0 aliphatic rings. The summed E-state index contributed by atoms with van der Waals surface area (Å²) in [6.45, 7) is 4.11. The number of aliphatic carboxylic acids is 1. The van der Waals surface area contributed by atoms with E-state index in [1.807, 2.05) is 43.3 Å². The average molecular weight is 382 g/mol. The number of carbonyl (C=O) groups is 2. The maximum Gasteiger partial charge on any atom is 0.303 e. The Morgan fingerprint density at radius 2 is 1.68 bits per heavy atom. The molecule has 28 heavy (non-hydrogen) atoms. The number of aryl methyl sites for hydroxylation is 2. The van der Waals surface area contributed by atoms with Gasteiger partial charge >= 0.3 is 5.97 Å². The summed E-state index contributed by atoms with van der Waals surface area (Å²) >= 11 is 0. The smallest absolute Gasteiger partial charge is 0.303 e. The molecule has 0 radical (unpaired) electrons. The van der Waals surface area contributed by atoms with Crippen LogP contribution in [0.1, 0.15) is 68.6 Å². The number of benzene rings is 2. The van der Waals surface area contributed by atoms with Crippen LogP contribution in [-0.4, -0.2) is 17.0 Å². The van der Waals surface area contributed by atoms with E-state index in [4.69, 9.17) is 5.11 Å². The van der Waals surface area contributed by atoms with E-state index in [9.17, 15) is 9.59 Å². The van der Waals surface area contributed by atoms with Crippen LogP contribution >= 0.6 is 0 Å². The molecule has 0 aliphatic carbocycles. The summed E-state index contributed by atoms with van der Waals surface area (Å²) in [5.74, 6) is -1.10. The molecule has 0 fully saturated rings. The number of unbranched alkanes of at least 4 members (excludes halogenated alkanes) is 2. The number of hydrogen-bond acceptors (Lipinski definition) is 2. The molecule has 0 heterocycles. The monoisotopic (exact) mass is 381 g/mol. The highest BCUT2D eigenvalue weighted by Crippen LogP contribution is 2.22. The first-order chi connectivity index (χ1) is 13.5. The van der Waals surface area contributed by atoms with Crippen LogP contribution in [0.3, 0.4) is 0 Å². The van der Waals surface area contributed by atoms with Crippen molar-refractivity contribution < 1.29 is 14.7 Å². The van der Waals surface area contributed by atoms with Crippen LogP contribution in [0.25, 0.3) is 0 Å². The van der Waals surface area contributed by atoms with Gasteiger partial charge in [-0.3, -0.25) is 9.59 Å².